The first-order chi connectivity index (χ1) is 11.8. The predicted molar refractivity (Wildman–Crippen MR) is 102 cm³/mol. The lowest BCUT2D eigenvalue weighted by atomic mass is 10.3. The summed E-state index contributed by atoms with van der Waals surface area (Å²) in [6, 6.07) is 4.53. The van der Waals surface area contributed by atoms with Crippen molar-refractivity contribution < 1.29 is 13.9 Å². The lowest BCUT2D eigenvalue weighted by Crippen LogP contribution is -2.23. The molecule has 8 heteroatoms. The van der Waals surface area contributed by atoms with Crippen LogP contribution >= 0.6 is 27.7 Å². The fraction of sp³-hybridized carbons (Fsp3) is 0.412. The van der Waals surface area contributed by atoms with Crippen molar-refractivity contribution in [2.24, 2.45) is 0 Å². The van der Waals surface area contributed by atoms with Crippen molar-refractivity contribution in [3.05, 3.63) is 39.9 Å². The van der Waals surface area contributed by atoms with E-state index in [0.717, 1.165) is 16.5 Å². The van der Waals surface area contributed by atoms with Gasteiger partial charge in [-0.1, -0.05) is 27.7 Å². The number of ether oxygens (including phenoxy) is 1. The molecule has 0 saturated carbocycles. The average molecular weight is 430 g/mol. The molecule has 0 aliphatic carbocycles. The van der Waals surface area contributed by atoms with E-state index in [1.165, 1.54) is 23.9 Å². The number of halogens is 2. The smallest absolute Gasteiger partial charge is 0.237 e. The van der Waals surface area contributed by atoms with Crippen LogP contribution in [0.2, 0.25) is 0 Å². The van der Waals surface area contributed by atoms with Crippen LogP contribution in [0, 0.1) is 19.7 Å². The third-order valence-electron chi connectivity index (χ3n) is 3.78. The van der Waals surface area contributed by atoms with Crippen LogP contribution in [0.4, 0.5) is 10.1 Å². The van der Waals surface area contributed by atoms with E-state index in [0.29, 0.717) is 17.6 Å². The Balaban J connectivity index is 2.09. The summed E-state index contributed by atoms with van der Waals surface area (Å²) in [7, 11) is 1.65. The second-order valence-corrected chi connectivity index (χ2v) is 7.81. The first-order valence-electron chi connectivity index (χ1n) is 7.78. The van der Waals surface area contributed by atoms with Crippen molar-refractivity contribution in [2.75, 3.05) is 19.0 Å². The molecule has 5 nitrogen and oxygen atoms in total. The molecule has 2 aromatic rings. The number of benzene rings is 1. The van der Waals surface area contributed by atoms with Crippen LogP contribution in [0.25, 0.3) is 0 Å². The van der Waals surface area contributed by atoms with Crippen molar-refractivity contribution in [2.45, 2.75) is 37.7 Å². The molecule has 0 fully saturated rings. The van der Waals surface area contributed by atoms with Gasteiger partial charge in [-0.25, -0.2) is 9.37 Å². The van der Waals surface area contributed by atoms with E-state index in [2.05, 4.69) is 26.2 Å². The predicted octanol–water partition coefficient (Wildman–Crippen LogP) is 4.17. The Labute approximate surface area is 159 Å². The Morgan fingerprint density at radius 1 is 1.48 bits per heavy atom. The van der Waals surface area contributed by atoms with Gasteiger partial charge in [-0.2, -0.15) is 0 Å². The fourth-order valence-electron chi connectivity index (χ4n) is 2.20. The van der Waals surface area contributed by atoms with Gasteiger partial charge in [-0.3, -0.25) is 4.79 Å². The van der Waals surface area contributed by atoms with Crippen LogP contribution in [0.15, 0.2) is 27.8 Å². The largest absolute Gasteiger partial charge is 0.383 e. The van der Waals surface area contributed by atoms with Gasteiger partial charge in [-0.05, 0) is 39.0 Å². The van der Waals surface area contributed by atoms with Crippen LogP contribution in [0.3, 0.4) is 0 Å². The number of thioether (sulfide) groups is 1. The lowest BCUT2D eigenvalue weighted by molar-refractivity contribution is -0.115. The van der Waals surface area contributed by atoms with Gasteiger partial charge in [0.15, 0.2) is 5.16 Å². The summed E-state index contributed by atoms with van der Waals surface area (Å²) in [6.45, 7) is 6.93. The van der Waals surface area contributed by atoms with Crippen molar-refractivity contribution in [1.29, 1.82) is 0 Å². The zero-order chi connectivity index (χ0) is 18.6. The maximum absolute atomic E-state index is 13.9. The number of aryl methyl sites for hydroxylation is 1. The van der Waals surface area contributed by atoms with E-state index in [4.69, 9.17) is 4.74 Å². The second-order valence-electron chi connectivity index (χ2n) is 5.58. The van der Waals surface area contributed by atoms with Gasteiger partial charge in [0.25, 0.3) is 0 Å². The van der Waals surface area contributed by atoms with Gasteiger partial charge in [0.05, 0.1) is 23.2 Å². The fourth-order valence-corrected chi connectivity index (χ4v) is 3.56. The monoisotopic (exact) mass is 429 g/mol. The summed E-state index contributed by atoms with van der Waals surface area (Å²) in [6.07, 6.45) is 0. The molecule has 1 heterocycles. The Morgan fingerprint density at radius 3 is 2.84 bits per heavy atom. The van der Waals surface area contributed by atoms with Crippen molar-refractivity contribution in [3.63, 3.8) is 0 Å². The molecule has 2 rings (SSSR count). The highest BCUT2D eigenvalue weighted by molar-refractivity contribution is 9.10. The Hall–Kier alpha value is -1.38. The lowest BCUT2D eigenvalue weighted by Gasteiger charge is -2.14. The van der Waals surface area contributed by atoms with Gasteiger partial charge in [0.1, 0.15) is 5.82 Å². The van der Waals surface area contributed by atoms with Crippen LogP contribution in [0.5, 0.6) is 0 Å². The first kappa shape index (κ1) is 19.9. The minimum absolute atomic E-state index is 0.163. The molecule has 1 amide bonds. The van der Waals surface area contributed by atoms with E-state index in [-0.39, 0.29) is 11.6 Å². The van der Waals surface area contributed by atoms with E-state index in [1.807, 2.05) is 18.4 Å². The molecule has 0 aliphatic heterocycles. The van der Waals surface area contributed by atoms with Crippen LogP contribution in [0.1, 0.15) is 18.3 Å². The summed E-state index contributed by atoms with van der Waals surface area (Å²) < 4.78 is 21.7. The standard InChI is InChI=1S/C17H21BrFN3O2S/c1-10-11(2)22(7-8-24-4)17(20-10)25-12(3)16(23)21-15-6-5-13(18)9-14(15)19/h5-6,9,12H,7-8H2,1-4H3,(H,21,23). The number of carbonyl (C=O) groups excluding carboxylic acids is 1. The number of hydrogen-bond acceptors (Lipinski definition) is 4. The molecule has 1 aromatic carbocycles. The highest BCUT2D eigenvalue weighted by Crippen LogP contribution is 2.27. The summed E-state index contributed by atoms with van der Waals surface area (Å²) >= 11 is 4.54. The SMILES string of the molecule is COCCn1c(SC(C)C(=O)Nc2ccc(Br)cc2F)nc(C)c1C. The zero-order valence-electron chi connectivity index (χ0n) is 14.6. The van der Waals surface area contributed by atoms with Gasteiger partial charge in [0.2, 0.25) is 5.91 Å². The van der Waals surface area contributed by atoms with E-state index in [1.54, 1.807) is 20.1 Å². The molecule has 1 N–H and O–H groups in total. The van der Waals surface area contributed by atoms with Gasteiger partial charge in [-0.15, -0.1) is 0 Å². The molecule has 1 aromatic heterocycles. The van der Waals surface area contributed by atoms with E-state index in [9.17, 15) is 9.18 Å². The number of aromatic nitrogens is 2. The van der Waals surface area contributed by atoms with Crippen LogP contribution in [-0.2, 0) is 16.1 Å². The van der Waals surface area contributed by atoms with Crippen LogP contribution in [-0.4, -0.2) is 34.4 Å². The Bertz CT molecular complexity index is 767. The average Bonchev–Trinajstić information content (AvgIpc) is 2.82. The summed E-state index contributed by atoms with van der Waals surface area (Å²) in [4.78, 5) is 16.9. The number of nitrogens with zero attached hydrogens (tertiary/aromatic N) is 2. The van der Waals surface area contributed by atoms with Crippen molar-refractivity contribution in [1.82, 2.24) is 9.55 Å². The van der Waals surface area contributed by atoms with Gasteiger partial charge >= 0.3 is 0 Å². The molecule has 0 aliphatic rings. The Kier molecular flexibility index (Phi) is 7.04. The summed E-state index contributed by atoms with van der Waals surface area (Å²) in [5.74, 6) is -0.754. The quantitative estimate of drug-likeness (QED) is 0.671. The number of imidazole rings is 1. The molecule has 0 radical (unpaired) electrons. The number of carbonyl (C=O) groups is 1. The molecule has 25 heavy (non-hydrogen) atoms. The number of hydrogen-bond donors (Lipinski definition) is 1. The van der Waals surface area contributed by atoms with E-state index >= 15 is 0 Å². The van der Waals surface area contributed by atoms with Gasteiger partial charge < -0.3 is 14.6 Å². The first-order valence-corrected chi connectivity index (χ1v) is 9.46. The molecule has 0 saturated heterocycles. The maximum atomic E-state index is 13.9. The zero-order valence-corrected chi connectivity index (χ0v) is 17.0. The summed E-state index contributed by atoms with van der Waals surface area (Å²) in [5, 5.41) is 2.95. The number of methoxy groups -OCH3 is 1. The molecular weight excluding hydrogens is 409 g/mol. The minimum atomic E-state index is -0.479. The number of nitrogens with one attached hydrogen (secondary N) is 1. The van der Waals surface area contributed by atoms with Crippen molar-refractivity contribution >= 4 is 39.3 Å². The molecular formula is C17H21BrFN3O2S. The highest BCUT2D eigenvalue weighted by atomic mass is 79.9. The van der Waals surface area contributed by atoms with Crippen molar-refractivity contribution in [3.8, 4) is 0 Å². The number of anilines is 1. The maximum Gasteiger partial charge on any atom is 0.237 e. The van der Waals surface area contributed by atoms with E-state index < -0.39 is 11.1 Å². The molecule has 1 unspecified atom stereocenters. The second kappa shape index (κ2) is 8.82. The highest BCUT2D eigenvalue weighted by Gasteiger charge is 2.20. The van der Waals surface area contributed by atoms with Crippen LogP contribution < -0.4 is 5.32 Å². The third kappa shape index (κ3) is 5.05. The van der Waals surface area contributed by atoms with Gasteiger partial charge in [0, 0.05) is 23.8 Å². The topological polar surface area (TPSA) is 56.1 Å². The molecule has 136 valence electrons. The normalized spacial score (nSPS) is 12.2. The minimum Gasteiger partial charge on any atom is -0.383 e. The summed E-state index contributed by atoms with van der Waals surface area (Å²) in [5.41, 5.74) is 2.13. The molecule has 1 atom stereocenters. The molecule has 0 bridgehead atoms. The number of rotatable bonds is 7. The molecule has 0 spiro atoms. The Morgan fingerprint density at radius 2 is 2.20 bits per heavy atom. The third-order valence-corrected chi connectivity index (χ3v) is 5.37. The number of amides is 1.